The van der Waals surface area contributed by atoms with Crippen LogP contribution in [0.5, 0.6) is 0 Å². The van der Waals surface area contributed by atoms with Crippen molar-refractivity contribution < 1.29 is 9.59 Å². The number of aryl methyl sites for hydroxylation is 2. The maximum Gasteiger partial charge on any atom is 0.242 e. The van der Waals surface area contributed by atoms with Gasteiger partial charge in [0.05, 0.1) is 0 Å². The van der Waals surface area contributed by atoms with Crippen molar-refractivity contribution in [3.63, 3.8) is 0 Å². The normalized spacial score (nSPS) is 15.0. The molecule has 2 aromatic rings. The zero-order valence-corrected chi connectivity index (χ0v) is 19.7. The third-order valence-corrected chi connectivity index (χ3v) is 6.72. The number of carbonyl (C=O) groups excluding carboxylic acids is 2. The van der Waals surface area contributed by atoms with E-state index >= 15 is 0 Å². The van der Waals surface area contributed by atoms with Crippen LogP contribution in [0, 0.1) is 6.92 Å². The van der Waals surface area contributed by atoms with Crippen molar-refractivity contribution in [2.45, 2.75) is 71.0 Å². The topological polar surface area (TPSA) is 49.4 Å². The fourth-order valence-electron chi connectivity index (χ4n) is 3.98. The highest BCUT2D eigenvalue weighted by molar-refractivity contribution is 6.36. The quantitative estimate of drug-likeness (QED) is 0.548. The number of benzene rings is 2. The summed E-state index contributed by atoms with van der Waals surface area (Å²) in [6.45, 7) is 4.01. The lowest BCUT2D eigenvalue weighted by Gasteiger charge is -2.30. The smallest absolute Gasteiger partial charge is 0.242 e. The first-order chi connectivity index (χ1) is 14.8. The number of hydrogen-bond acceptors (Lipinski definition) is 2. The van der Waals surface area contributed by atoms with E-state index in [9.17, 15) is 9.59 Å². The summed E-state index contributed by atoms with van der Waals surface area (Å²) in [5.41, 5.74) is 2.94. The van der Waals surface area contributed by atoms with Gasteiger partial charge in [0.1, 0.15) is 6.04 Å². The number of nitrogens with zero attached hydrogens (tertiary/aromatic N) is 1. The van der Waals surface area contributed by atoms with E-state index in [1.807, 2.05) is 31.2 Å². The van der Waals surface area contributed by atoms with Gasteiger partial charge < -0.3 is 10.2 Å². The van der Waals surface area contributed by atoms with Crippen LogP contribution in [0.25, 0.3) is 0 Å². The third kappa shape index (κ3) is 6.47. The van der Waals surface area contributed by atoms with E-state index in [4.69, 9.17) is 23.2 Å². The summed E-state index contributed by atoms with van der Waals surface area (Å²) in [4.78, 5) is 27.8. The molecule has 0 aliphatic heterocycles. The Morgan fingerprint density at radius 2 is 1.68 bits per heavy atom. The maximum atomic E-state index is 13.3. The standard InChI is InChI=1S/C25H30Cl2N2O2/c1-17-10-12-19(13-11-17)14-15-24(30)29(16-21-22(26)8-5-9-23(21)27)18(2)25(31)28-20-6-3-4-7-20/h5,8-13,18,20H,3-4,6-7,14-16H2,1-2H3,(H,28,31)/t18-/m0/s1. The number of hydrogen-bond donors (Lipinski definition) is 1. The van der Waals surface area contributed by atoms with Crippen molar-refractivity contribution in [1.29, 1.82) is 0 Å². The second kappa shape index (κ2) is 11.0. The molecule has 2 aromatic carbocycles. The highest BCUT2D eigenvalue weighted by atomic mass is 35.5. The number of rotatable bonds is 8. The van der Waals surface area contributed by atoms with E-state index < -0.39 is 6.04 Å². The largest absolute Gasteiger partial charge is 0.352 e. The zero-order chi connectivity index (χ0) is 22.4. The molecule has 1 N–H and O–H groups in total. The van der Waals surface area contributed by atoms with Crippen LogP contribution >= 0.6 is 23.2 Å². The van der Waals surface area contributed by atoms with E-state index in [2.05, 4.69) is 5.32 Å². The van der Waals surface area contributed by atoms with Crippen molar-refractivity contribution in [3.05, 3.63) is 69.2 Å². The van der Waals surface area contributed by atoms with Crippen LogP contribution in [0.4, 0.5) is 0 Å². The molecule has 1 fully saturated rings. The molecule has 0 spiro atoms. The summed E-state index contributed by atoms with van der Waals surface area (Å²) < 4.78 is 0. The van der Waals surface area contributed by atoms with E-state index in [0.717, 1.165) is 31.2 Å². The number of carbonyl (C=O) groups is 2. The molecule has 0 aromatic heterocycles. The summed E-state index contributed by atoms with van der Waals surface area (Å²) >= 11 is 12.7. The summed E-state index contributed by atoms with van der Waals surface area (Å²) in [5.74, 6) is -0.218. The maximum absolute atomic E-state index is 13.3. The second-order valence-electron chi connectivity index (χ2n) is 8.37. The molecule has 2 amide bonds. The molecule has 0 bridgehead atoms. The van der Waals surface area contributed by atoms with Crippen molar-refractivity contribution in [3.8, 4) is 0 Å². The summed E-state index contributed by atoms with van der Waals surface area (Å²) in [6, 6.07) is 13.0. The molecule has 0 saturated heterocycles. The molecule has 166 valence electrons. The van der Waals surface area contributed by atoms with Crippen LogP contribution in [0.2, 0.25) is 10.0 Å². The fourth-order valence-corrected chi connectivity index (χ4v) is 4.49. The molecule has 1 aliphatic carbocycles. The fraction of sp³-hybridized carbons (Fsp3) is 0.440. The van der Waals surface area contributed by atoms with Crippen molar-refractivity contribution >= 4 is 35.0 Å². The van der Waals surface area contributed by atoms with Gasteiger partial charge in [-0.25, -0.2) is 0 Å². The van der Waals surface area contributed by atoms with Crippen LogP contribution in [0.15, 0.2) is 42.5 Å². The van der Waals surface area contributed by atoms with Gasteiger partial charge in [0.2, 0.25) is 11.8 Å². The summed E-state index contributed by atoms with van der Waals surface area (Å²) in [6.07, 6.45) is 5.18. The lowest BCUT2D eigenvalue weighted by atomic mass is 10.1. The predicted octanol–water partition coefficient (Wildman–Crippen LogP) is 5.71. The minimum absolute atomic E-state index is 0.0920. The molecule has 3 rings (SSSR count). The number of nitrogens with one attached hydrogen (secondary N) is 1. The first-order valence-corrected chi connectivity index (χ1v) is 11.7. The number of amides is 2. The Kier molecular flexibility index (Phi) is 8.39. The average Bonchev–Trinajstić information content (AvgIpc) is 3.25. The first-order valence-electron chi connectivity index (χ1n) is 10.9. The third-order valence-electron chi connectivity index (χ3n) is 6.01. The second-order valence-corrected chi connectivity index (χ2v) is 9.19. The molecule has 31 heavy (non-hydrogen) atoms. The minimum Gasteiger partial charge on any atom is -0.352 e. The van der Waals surface area contributed by atoms with Gasteiger partial charge in [-0.05, 0) is 50.8 Å². The van der Waals surface area contributed by atoms with E-state index in [1.165, 1.54) is 5.56 Å². The molecule has 0 radical (unpaired) electrons. The monoisotopic (exact) mass is 460 g/mol. The van der Waals surface area contributed by atoms with Gasteiger partial charge in [0.25, 0.3) is 0 Å². The SMILES string of the molecule is Cc1ccc(CCC(=O)N(Cc2c(Cl)cccc2Cl)[C@@H](C)C(=O)NC2CCCC2)cc1. The van der Waals surface area contributed by atoms with Crippen LogP contribution in [-0.2, 0) is 22.6 Å². The van der Waals surface area contributed by atoms with Gasteiger partial charge in [-0.15, -0.1) is 0 Å². The Morgan fingerprint density at radius 3 is 2.29 bits per heavy atom. The van der Waals surface area contributed by atoms with Gasteiger partial charge >= 0.3 is 0 Å². The highest BCUT2D eigenvalue weighted by Gasteiger charge is 2.29. The molecular weight excluding hydrogens is 431 g/mol. The van der Waals surface area contributed by atoms with Crippen LogP contribution in [-0.4, -0.2) is 28.8 Å². The molecular formula is C25H30Cl2N2O2. The van der Waals surface area contributed by atoms with Crippen LogP contribution in [0.1, 0.15) is 55.7 Å². The van der Waals surface area contributed by atoms with Crippen LogP contribution < -0.4 is 5.32 Å². The average molecular weight is 461 g/mol. The van der Waals surface area contributed by atoms with Gasteiger partial charge in [-0.2, -0.15) is 0 Å². The molecule has 1 aliphatic rings. The van der Waals surface area contributed by atoms with Crippen molar-refractivity contribution in [2.24, 2.45) is 0 Å². The molecule has 4 nitrogen and oxygen atoms in total. The number of halogens is 2. The highest BCUT2D eigenvalue weighted by Crippen LogP contribution is 2.27. The van der Waals surface area contributed by atoms with Gasteiger partial charge in [-0.3, -0.25) is 9.59 Å². The Hall–Kier alpha value is -2.04. The molecule has 6 heteroatoms. The van der Waals surface area contributed by atoms with E-state index in [0.29, 0.717) is 28.5 Å². The minimum atomic E-state index is -0.613. The zero-order valence-electron chi connectivity index (χ0n) is 18.2. The van der Waals surface area contributed by atoms with E-state index in [-0.39, 0.29) is 24.4 Å². The summed E-state index contributed by atoms with van der Waals surface area (Å²) in [5, 5.41) is 4.10. The lowest BCUT2D eigenvalue weighted by Crippen LogP contribution is -2.49. The van der Waals surface area contributed by atoms with Crippen LogP contribution in [0.3, 0.4) is 0 Å². The Morgan fingerprint density at radius 1 is 1.06 bits per heavy atom. The molecule has 0 unspecified atom stereocenters. The van der Waals surface area contributed by atoms with Gasteiger partial charge in [-0.1, -0.05) is 71.9 Å². The van der Waals surface area contributed by atoms with Gasteiger partial charge in [0, 0.05) is 34.6 Å². The Labute approximate surface area is 194 Å². The molecule has 0 heterocycles. The predicted molar refractivity (Wildman–Crippen MR) is 126 cm³/mol. The van der Waals surface area contributed by atoms with Gasteiger partial charge in [0.15, 0.2) is 0 Å². The Balaban J connectivity index is 1.75. The first kappa shape index (κ1) is 23.6. The van der Waals surface area contributed by atoms with E-state index in [1.54, 1.807) is 30.0 Å². The molecule has 1 atom stereocenters. The summed E-state index contributed by atoms with van der Waals surface area (Å²) in [7, 11) is 0. The van der Waals surface area contributed by atoms with Crippen molar-refractivity contribution in [1.82, 2.24) is 10.2 Å². The lowest BCUT2D eigenvalue weighted by molar-refractivity contribution is -0.140. The molecule has 1 saturated carbocycles. The Bertz CT molecular complexity index is 888. The van der Waals surface area contributed by atoms with Crippen molar-refractivity contribution in [2.75, 3.05) is 0 Å².